The van der Waals surface area contributed by atoms with Gasteiger partial charge < -0.3 is 15.1 Å². The Labute approximate surface area is 149 Å². The summed E-state index contributed by atoms with van der Waals surface area (Å²) < 4.78 is 0. The van der Waals surface area contributed by atoms with Gasteiger partial charge in [-0.1, -0.05) is 6.07 Å². The number of nitrogens with one attached hydrogen (secondary N) is 1. The van der Waals surface area contributed by atoms with Gasteiger partial charge in [0.2, 0.25) is 11.8 Å². The SMILES string of the molecule is CC(=O)N1CCCC1C(=O)N(Cc1ccccn1)C1CCCNCC1. The zero-order valence-corrected chi connectivity index (χ0v) is 15.0. The summed E-state index contributed by atoms with van der Waals surface area (Å²) in [5, 5.41) is 3.41. The normalized spacial score (nSPS) is 24.0. The maximum Gasteiger partial charge on any atom is 0.245 e. The second-order valence-corrected chi connectivity index (χ2v) is 6.99. The molecular formula is C19H28N4O2. The molecule has 136 valence electrons. The highest BCUT2D eigenvalue weighted by Gasteiger charge is 2.37. The molecule has 3 rings (SSSR count). The Hall–Kier alpha value is -1.95. The van der Waals surface area contributed by atoms with Crippen molar-refractivity contribution in [1.82, 2.24) is 20.1 Å². The van der Waals surface area contributed by atoms with Crippen molar-refractivity contribution in [3.05, 3.63) is 30.1 Å². The fraction of sp³-hybridized carbons (Fsp3) is 0.632. The molecule has 1 aromatic rings. The summed E-state index contributed by atoms with van der Waals surface area (Å²) in [7, 11) is 0. The van der Waals surface area contributed by atoms with Gasteiger partial charge in [0, 0.05) is 25.7 Å². The predicted octanol–water partition coefficient (Wildman–Crippen LogP) is 1.56. The van der Waals surface area contributed by atoms with Gasteiger partial charge in [0.05, 0.1) is 12.2 Å². The van der Waals surface area contributed by atoms with Crippen LogP contribution in [0.25, 0.3) is 0 Å². The van der Waals surface area contributed by atoms with Crippen LogP contribution >= 0.6 is 0 Å². The number of aromatic nitrogens is 1. The molecule has 2 aliphatic heterocycles. The predicted molar refractivity (Wildman–Crippen MR) is 95.7 cm³/mol. The van der Waals surface area contributed by atoms with E-state index in [9.17, 15) is 9.59 Å². The summed E-state index contributed by atoms with van der Waals surface area (Å²) in [5.74, 6) is 0.0847. The molecule has 1 aromatic heterocycles. The maximum atomic E-state index is 13.4. The molecule has 25 heavy (non-hydrogen) atoms. The Bertz CT molecular complexity index is 584. The maximum absolute atomic E-state index is 13.4. The summed E-state index contributed by atoms with van der Waals surface area (Å²) in [6.45, 7) is 4.70. The highest BCUT2D eigenvalue weighted by atomic mass is 16.2. The zero-order valence-electron chi connectivity index (χ0n) is 15.0. The van der Waals surface area contributed by atoms with E-state index in [-0.39, 0.29) is 23.9 Å². The van der Waals surface area contributed by atoms with Crippen LogP contribution in [0.3, 0.4) is 0 Å². The Kier molecular flexibility index (Phi) is 6.02. The molecule has 0 aliphatic carbocycles. The van der Waals surface area contributed by atoms with Crippen molar-refractivity contribution < 1.29 is 9.59 Å². The number of pyridine rings is 1. The van der Waals surface area contributed by atoms with E-state index in [0.717, 1.165) is 50.9 Å². The van der Waals surface area contributed by atoms with E-state index in [1.54, 1.807) is 18.0 Å². The molecule has 2 unspecified atom stereocenters. The minimum absolute atomic E-state index is 0.00355. The van der Waals surface area contributed by atoms with Crippen LogP contribution in [0.2, 0.25) is 0 Å². The molecule has 0 bridgehead atoms. The molecule has 2 aliphatic rings. The van der Waals surface area contributed by atoms with E-state index in [2.05, 4.69) is 10.3 Å². The molecule has 2 saturated heterocycles. The Morgan fingerprint density at radius 2 is 2.12 bits per heavy atom. The van der Waals surface area contributed by atoms with Gasteiger partial charge in [-0.25, -0.2) is 0 Å². The summed E-state index contributed by atoms with van der Waals surface area (Å²) >= 11 is 0. The Balaban J connectivity index is 1.81. The lowest BCUT2D eigenvalue weighted by molar-refractivity contribution is -0.145. The van der Waals surface area contributed by atoms with E-state index in [0.29, 0.717) is 13.1 Å². The third-order valence-corrected chi connectivity index (χ3v) is 5.27. The highest BCUT2D eigenvalue weighted by Crippen LogP contribution is 2.24. The van der Waals surface area contributed by atoms with Crippen LogP contribution in [0.4, 0.5) is 0 Å². The summed E-state index contributed by atoms with van der Waals surface area (Å²) in [5.41, 5.74) is 0.903. The first-order valence-corrected chi connectivity index (χ1v) is 9.35. The molecule has 3 heterocycles. The summed E-state index contributed by atoms with van der Waals surface area (Å²) in [6, 6.07) is 5.71. The smallest absolute Gasteiger partial charge is 0.245 e. The van der Waals surface area contributed by atoms with Crippen LogP contribution in [0, 0.1) is 0 Å². The Morgan fingerprint density at radius 1 is 1.24 bits per heavy atom. The molecule has 0 radical (unpaired) electrons. The minimum Gasteiger partial charge on any atom is -0.332 e. The lowest BCUT2D eigenvalue weighted by Gasteiger charge is -2.35. The van der Waals surface area contributed by atoms with E-state index >= 15 is 0 Å². The lowest BCUT2D eigenvalue weighted by atomic mass is 10.0. The van der Waals surface area contributed by atoms with Crippen molar-refractivity contribution >= 4 is 11.8 Å². The van der Waals surface area contributed by atoms with Gasteiger partial charge in [0.15, 0.2) is 0 Å². The average Bonchev–Trinajstić information content (AvgIpc) is 2.97. The largest absolute Gasteiger partial charge is 0.332 e. The van der Waals surface area contributed by atoms with Crippen LogP contribution in [0.5, 0.6) is 0 Å². The number of likely N-dealkylation sites (tertiary alicyclic amines) is 1. The molecule has 0 saturated carbocycles. The minimum atomic E-state index is -0.308. The molecule has 6 nitrogen and oxygen atoms in total. The van der Waals surface area contributed by atoms with Crippen LogP contribution in [0.15, 0.2) is 24.4 Å². The second-order valence-electron chi connectivity index (χ2n) is 6.99. The van der Waals surface area contributed by atoms with Crippen molar-refractivity contribution in [2.75, 3.05) is 19.6 Å². The summed E-state index contributed by atoms with van der Waals surface area (Å²) in [4.78, 5) is 33.4. The number of rotatable bonds is 4. The number of nitrogens with zero attached hydrogens (tertiary/aromatic N) is 3. The number of carbonyl (C=O) groups excluding carboxylic acids is 2. The van der Waals surface area contributed by atoms with Gasteiger partial charge in [-0.05, 0) is 57.3 Å². The highest BCUT2D eigenvalue weighted by molar-refractivity contribution is 5.87. The molecule has 1 N–H and O–H groups in total. The third kappa shape index (κ3) is 4.37. The van der Waals surface area contributed by atoms with E-state index in [1.807, 2.05) is 23.1 Å². The first-order chi connectivity index (χ1) is 12.2. The van der Waals surface area contributed by atoms with Crippen LogP contribution in [-0.2, 0) is 16.1 Å². The van der Waals surface area contributed by atoms with Gasteiger partial charge in [-0.3, -0.25) is 14.6 Å². The van der Waals surface area contributed by atoms with Gasteiger partial charge >= 0.3 is 0 Å². The summed E-state index contributed by atoms with van der Waals surface area (Å²) in [6.07, 6.45) is 6.45. The number of hydrogen-bond acceptors (Lipinski definition) is 4. The second kappa shape index (κ2) is 8.43. The number of amides is 2. The van der Waals surface area contributed by atoms with Crippen LogP contribution < -0.4 is 5.32 Å². The van der Waals surface area contributed by atoms with E-state index < -0.39 is 0 Å². The average molecular weight is 344 g/mol. The van der Waals surface area contributed by atoms with Crippen molar-refractivity contribution in [1.29, 1.82) is 0 Å². The number of hydrogen-bond donors (Lipinski definition) is 1. The van der Waals surface area contributed by atoms with Gasteiger partial charge in [-0.15, -0.1) is 0 Å². The molecule has 2 fully saturated rings. The van der Waals surface area contributed by atoms with Gasteiger partial charge in [-0.2, -0.15) is 0 Å². The fourth-order valence-electron chi connectivity index (χ4n) is 3.96. The van der Waals surface area contributed by atoms with Crippen molar-refractivity contribution in [3.8, 4) is 0 Å². The van der Waals surface area contributed by atoms with E-state index in [1.165, 1.54) is 0 Å². The van der Waals surface area contributed by atoms with Crippen molar-refractivity contribution in [2.24, 2.45) is 0 Å². The van der Waals surface area contributed by atoms with Crippen LogP contribution in [0.1, 0.15) is 44.7 Å². The molecule has 0 aromatic carbocycles. The van der Waals surface area contributed by atoms with Crippen molar-refractivity contribution in [3.63, 3.8) is 0 Å². The first-order valence-electron chi connectivity index (χ1n) is 9.35. The van der Waals surface area contributed by atoms with Gasteiger partial charge in [0.1, 0.15) is 6.04 Å². The quantitative estimate of drug-likeness (QED) is 0.900. The monoisotopic (exact) mass is 344 g/mol. The molecule has 6 heteroatoms. The Morgan fingerprint density at radius 3 is 2.88 bits per heavy atom. The zero-order chi connectivity index (χ0) is 17.6. The van der Waals surface area contributed by atoms with Crippen LogP contribution in [-0.4, -0.2) is 58.3 Å². The molecule has 0 spiro atoms. The third-order valence-electron chi connectivity index (χ3n) is 5.27. The fourth-order valence-corrected chi connectivity index (χ4v) is 3.96. The van der Waals surface area contributed by atoms with Crippen molar-refractivity contribution in [2.45, 2.75) is 57.7 Å². The molecule has 2 amide bonds. The first kappa shape index (κ1) is 17.9. The molecular weight excluding hydrogens is 316 g/mol. The topological polar surface area (TPSA) is 65.5 Å². The van der Waals surface area contributed by atoms with Gasteiger partial charge in [0.25, 0.3) is 0 Å². The number of carbonyl (C=O) groups is 2. The standard InChI is InChI=1S/C19H28N4O2/c1-15(24)22-13-5-8-18(22)19(25)23(14-16-6-2-3-11-21-16)17-7-4-10-20-12-9-17/h2-3,6,11,17-18,20H,4-5,7-10,12-14H2,1H3. The molecule has 2 atom stereocenters. The lowest BCUT2D eigenvalue weighted by Crippen LogP contribution is -2.50. The van der Waals surface area contributed by atoms with E-state index in [4.69, 9.17) is 0 Å².